The molecule has 1 fully saturated rings. The number of aryl methyl sites for hydroxylation is 1. The summed E-state index contributed by atoms with van der Waals surface area (Å²) in [5.74, 6) is 1.27. The monoisotopic (exact) mass is 343 g/mol. The van der Waals surface area contributed by atoms with Crippen molar-refractivity contribution in [2.75, 3.05) is 34.3 Å². The Labute approximate surface area is 150 Å². The van der Waals surface area contributed by atoms with E-state index in [4.69, 9.17) is 4.74 Å². The molecule has 3 rings (SSSR count). The van der Waals surface area contributed by atoms with E-state index in [9.17, 15) is 0 Å². The molecule has 6 nitrogen and oxygen atoms in total. The highest BCUT2D eigenvalue weighted by molar-refractivity contribution is 5.18. The highest BCUT2D eigenvalue weighted by Crippen LogP contribution is 2.35. The first-order valence-electron chi connectivity index (χ1n) is 8.93. The van der Waals surface area contributed by atoms with Gasteiger partial charge in [-0.3, -0.25) is 9.58 Å². The van der Waals surface area contributed by atoms with Gasteiger partial charge >= 0.3 is 0 Å². The van der Waals surface area contributed by atoms with E-state index in [1.165, 1.54) is 24.0 Å². The van der Waals surface area contributed by atoms with Crippen LogP contribution in [0.1, 0.15) is 30.0 Å². The van der Waals surface area contributed by atoms with Crippen molar-refractivity contribution >= 4 is 0 Å². The molecule has 0 amide bonds. The maximum Gasteiger partial charge on any atom is 0.212 e. The van der Waals surface area contributed by atoms with E-state index in [2.05, 4.69) is 46.2 Å². The Bertz CT molecular complexity index is 669. The van der Waals surface area contributed by atoms with Gasteiger partial charge in [0, 0.05) is 50.2 Å². The third-order valence-corrected chi connectivity index (χ3v) is 5.08. The van der Waals surface area contributed by atoms with E-state index in [1.807, 2.05) is 30.2 Å². The lowest BCUT2D eigenvalue weighted by Crippen LogP contribution is -2.40. The van der Waals surface area contributed by atoms with Crippen molar-refractivity contribution in [1.29, 1.82) is 0 Å². The van der Waals surface area contributed by atoms with Crippen molar-refractivity contribution in [2.45, 2.75) is 25.4 Å². The number of piperidine rings is 1. The molecule has 0 radical (unpaired) electrons. The third-order valence-electron chi connectivity index (χ3n) is 5.08. The van der Waals surface area contributed by atoms with Crippen LogP contribution in [0.5, 0.6) is 5.88 Å². The molecule has 2 aromatic rings. The fraction of sp³-hybridized carbons (Fsp3) is 0.579. The zero-order valence-corrected chi connectivity index (χ0v) is 15.7. The molecule has 25 heavy (non-hydrogen) atoms. The predicted octanol–water partition coefficient (Wildman–Crippen LogP) is 2.34. The summed E-state index contributed by atoms with van der Waals surface area (Å²) in [6, 6.07) is 4.46. The minimum Gasteiger partial charge on any atom is -0.481 e. The van der Waals surface area contributed by atoms with Crippen LogP contribution >= 0.6 is 0 Å². The molecule has 0 saturated carbocycles. The van der Waals surface area contributed by atoms with Gasteiger partial charge < -0.3 is 9.64 Å². The number of hydrogen-bond acceptors (Lipinski definition) is 5. The van der Waals surface area contributed by atoms with Crippen LogP contribution in [0.2, 0.25) is 0 Å². The molecule has 0 aliphatic carbocycles. The molecule has 2 atom stereocenters. The van der Waals surface area contributed by atoms with Crippen LogP contribution < -0.4 is 4.74 Å². The Morgan fingerprint density at radius 3 is 2.76 bits per heavy atom. The highest BCUT2D eigenvalue weighted by atomic mass is 16.5. The number of hydrogen-bond donors (Lipinski definition) is 0. The van der Waals surface area contributed by atoms with Crippen molar-refractivity contribution in [3.05, 3.63) is 41.9 Å². The number of pyridine rings is 1. The maximum absolute atomic E-state index is 5.13. The van der Waals surface area contributed by atoms with Crippen LogP contribution in [-0.2, 0) is 13.6 Å². The molecule has 1 aliphatic heterocycles. The molecule has 1 aliphatic rings. The van der Waals surface area contributed by atoms with E-state index >= 15 is 0 Å². The zero-order valence-electron chi connectivity index (χ0n) is 15.7. The molecule has 2 aromatic heterocycles. The molecule has 0 unspecified atom stereocenters. The normalized spacial score (nSPS) is 21.6. The summed E-state index contributed by atoms with van der Waals surface area (Å²) in [6.45, 7) is 3.12. The van der Waals surface area contributed by atoms with Crippen molar-refractivity contribution in [1.82, 2.24) is 24.6 Å². The smallest absolute Gasteiger partial charge is 0.212 e. The van der Waals surface area contributed by atoms with Crippen LogP contribution in [0.3, 0.4) is 0 Å². The summed E-state index contributed by atoms with van der Waals surface area (Å²) >= 11 is 0. The first-order chi connectivity index (χ1) is 12.1. The summed E-state index contributed by atoms with van der Waals surface area (Å²) in [5.41, 5.74) is 2.54. The SMILES string of the molecule is COc1ccc(CN(C)C[C@@H]2CCCN(C)[C@H]2c2cnn(C)c2)cn1. The summed E-state index contributed by atoms with van der Waals surface area (Å²) in [7, 11) is 8.06. The van der Waals surface area contributed by atoms with E-state index in [-0.39, 0.29) is 0 Å². The lowest BCUT2D eigenvalue weighted by Gasteiger charge is -2.40. The van der Waals surface area contributed by atoms with Crippen molar-refractivity contribution in [3.8, 4) is 5.88 Å². The van der Waals surface area contributed by atoms with Crippen LogP contribution in [0, 0.1) is 5.92 Å². The average Bonchev–Trinajstić information content (AvgIpc) is 3.01. The second-order valence-electron chi connectivity index (χ2n) is 7.18. The molecule has 0 bridgehead atoms. The van der Waals surface area contributed by atoms with Gasteiger partial charge in [-0.25, -0.2) is 4.98 Å². The maximum atomic E-state index is 5.13. The van der Waals surface area contributed by atoms with Crippen LogP contribution in [0.25, 0.3) is 0 Å². The van der Waals surface area contributed by atoms with Gasteiger partial charge in [0.1, 0.15) is 0 Å². The summed E-state index contributed by atoms with van der Waals surface area (Å²) in [5, 5.41) is 4.38. The Morgan fingerprint density at radius 2 is 2.12 bits per heavy atom. The lowest BCUT2D eigenvalue weighted by atomic mass is 9.85. The highest BCUT2D eigenvalue weighted by Gasteiger charge is 2.32. The van der Waals surface area contributed by atoms with Gasteiger partial charge in [-0.05, 0) is 45.0 Å². The first kappa shape index (κ1) is 17.9. The van der Waals surface area contributed by atoms with Gasteiger partial charge in [-0.1, -0.05) is 6.07 Å². The van der Waals surface area contributed by atoms with E-state index in [1.54, 1.807) is 7.11 Å². The standard InChI is InChI=1S/C19H29N5O/c1-22(12-15-7-8-18(25-4)20-10-15)13-16-6-5-9-23(2)19(16)17-11-21-24(3)14-17/h7-8,10-11,14,16,19H,5-6,9,12-13H2,1-4H3/t16-,19+/m0/s1. The Kier molecular flexibility index (Phi) is 5.71. The van der Waals surface area contributed by atoms with Gasteiger partial charge in [-0.15, -0.1) is 0 Å². The van der Waals surface area contributed by atoms with E-state index in [0.717, 1.165) is 19.6 Å². The quantitative estimate of drug-likeness (QED) is 0.806. The molecular formula is C19H29N5O. The minimum absolute atomic E-state index is 0.443. The fourth-order valence-electron chi connectivity index (χ4n) is 3.97. The number of nitrogens with zero attached hydrogens (tertiary/aromatic N) is 5. The average molecular weight is 343 g/mol. The lowest BCUT2D eigenvalue weighted by molar-refractivity contribution is 0.0925. The largest absolute Gasteiger partial charge is 0.481 e. The molecule has 0 spiro atoms. The topological polar surface area (TPSA) is 46.4 Å². The van der Waals surface area contributed by atoms with Crippen molar-refractivity contribution in [3.63, 3.8) is 0 Å². The molecule has 1 saturated heterocycles. The van der Waals surface area contributed by atoms with Crippen LogP contribution in [0.15, 0.2) is 30.7 Å². The van der Waals surface area contributed by atoms with Crippen molar-refractivity contribution in [2.24, 2.45) is 13.0 Å². The summed E-state index contributed by atoms with van der Waals surface area (Å²) in [6.07, 6.45) is 8.60. The number of rotatable bonds is 6. The van der Waals surface area contributed by atoms with Crippen molar-refractivity contribution < 1.29 is 4.74 Å². The van der Waals surface area contributed by atoms with E-state index < -0.39 is 0 Å². The molecule has 0 aromatic carbocycles. The number of ether oxygens (including phenoxy) is 1. The number of aromatic nitrogens is 3. The van der Waals surface area contributed by atoms with Gasteiger partial charge in [0.15, 0.2) is 0 Å². The van der Waals surface area contributed by atoms with Gasteiger partial charge in [0.25, 0.3) is 0 Å². The fourth-order valence-corrected chi connectivity index (χ4v) is 3.97. The van der Waals surface area contributed by atoms with Crippen LogP contribution in [0.4, 0.5) is 0 Å². The van der Waals surface area contributed by atoms with Gasteiger partial charge in [0.2, 0.25) is 5.88 Å². The molecule has 3 heterocycles. The molecule has 136 valence electrons. The second-order valence-corrected chi connectivity index (χ2v) is 7.18. The Morgan fingerprint density at radius 1 is 1.28 bits per heavy atom. The third kappa shape index (κ3) is 4.38. The molecule has 0 N–H and O–H groups in total. The van der Waals surface area contributed by atoms with Crippen LogP contribution in [-0.4, -0.2) is 58.9 Å². The zero-order chi connectivity index (χ0) is 17.8. The number of likely N-dealkylation sites (tertiary alicyclic amines) is 1. The summed E-state index contributed by atoms with van der Waals surface area (Å²) in [4.78, 5) is 9.19. The molecule has 6 heteroatoms. The summed E-state index contributed by atoms with van der Waals surface area (Å²) < 4.78 is 7.04. The van der Waals surface area contributed by atoms with E-state index in [0.29, 0.717) is 17.8 Å². The Balaban J connectivity index is 1.66. The first-order valence-corrected chi connectivity index (χ1v) is 8.93. The minimum atomic E-state index is 0.443. The number of methoxy groups -OCH3 is 1. The molecular weight excluding hydrogens is 314 g/mol. The second kappa shape index (κ2) is 7.97. The predicted molar refractivity (Wildman–Crippen MR) is 98.4 cm³/mol. The Hall–Kier alpha value is -1.92. The van der Waals surface area contributed by atoms with Gasteiger partial charge in [-0.2, -0.15) is 5.10 Å². The van der Waals surface area contributed by atoms with Gasteiger partial charge in [0.05, 0.1) is 13.3 Å².